The lowest BCUT2D eigenvalue weighted by molar-refractivity contribution is -0.147. The van der Waals surface area contributed by atoms with Gasteiger partial charge in [0, 0.05) is 18.4 Å². The standard InChI is InChI=1S/C21H21FN2O7S/c1-32(29,30)17-10-18(21(27)28)24(12-17)19(25)11-23-20(26)13-2-6-15(7-3-13)31-16-8-4-14(22)5-9-16/h2-9,17-18H,10-12H2,1H3,(H,23,26)(H,27,28)/t17-,18+/m1/s1. The number of carboxylic acid groups (broad SMARTS) is 1. The highest BCUT2D eigenvalue weighted by atomic mass is 32.2. The monoisotopic (exact) mass is 464 g/mol. The van der Waals surface area contributed by atoms with E-state index in [1.807, 2.05) is 0 Å². The van der Waals surface area contributed by atoms with Crippen molar-refractivity contribution in [3.63, 3.8) is 0 Å². The van der Waals surface area contributed by atoms with Crippen LogP contribution in [0.4, 0.5) is 4.39 Å². The van der Waals surface area contributed by atoms with E-state index in [9.17, 15) is 32.3 Å². The molecule has 3 rings (SSSR count). The van der Waals surface area contributed by atoms with Crippen molar-refractivity contribution in [2.24, 2.45) is 0 Å². The van der Waals surface area contributed by atoms with Gasteiger partial charge >= 0.3 is 5.97 Å². The molecule has 1 heterocycles. The summed E-state index contributed by atoms with van der Waals surface area (Å²) in [6, 6.07) is 10.1. The summed E-state index contributed by atoms with van der Waals surface area (Å²) in [5.41, 5.74) is 0.231. The Hall–Kier alpha value is -3.47. The Bertz CT molecular complexity index is 1120. The number of ether oxygens (including phenoxy) is 1. The second kappa shape index (κ2) is 9.35. The fourth-order valence-corrected chi connectivity index (χ4v) is 4.25. The molecular formula is C21H21FN2O7S. The SMILES string of the molecule is CS(=O)(=O)[C@@H]1C[C@@H](C(=O)O)N(C(=O)CNC(=O)c2ccc(Oc3ccc(F)cc3)cc2)C1. The van der Waals surface area contributed by atoms with Crippen LogP contribution in [0.25, 0.3) is 0 Å². The van der Waals surface area contributed by atoms with Gasteiger partial charge in [0.1, 0.15) is 23.4 Å². The first-order chi connectivity index (χ1) is 15.0. The summed E-state index contributed by atoms with van der Waals surface area (Å²) in [7, 11) is -3.51. The van der Waals surface area contributed by atoms with Crippen LogP contribution in [0.3, 0.4) is 0 Å². The van der Waals surface area contributed by atoms with Crippen molar-refractivity contribution in [3.8, 4) is 11.5 Å². The summed E-state index contributed by atoms with van der Waals surface area (Å²) in [4.78, 5) is 37.2. The molecule has 1 aliphatic rings. The van der Waals surface area contributed by atoms with Gasteiger partial charge in [-0.2, -0.15) is 0 Å². The van der Waals surface area contributed by atoms with Gasteiger partial charge in [-0.25, -0.2) is 17.6 Å². The highest BCUT2D eigenvalue weighted by molar-refractivity contribution is 7.91. The lowest BCUT2D eigenvalue weighted by Gasteiger charge is -2.21. The summed E-state index contributed by atoms with van der Waals surface area (Å²) >= 11 is 0. The molecule has 0 spiro atoms. The van der Waals surface area contributed by atoms with Crippen LogP contribution in [0.2, 0.25) is 0 Å². The van der Waals surface area contributed by atoms with Gasteiger partial charge < -0.3 is 20.1 Å². The third kappa shape index (κ3) is 5.61. The molecule has 0 aliphatic carbocycles. The van der Waals surface area contributed by atoms with Crippen LogP contribution < -0.4 is 10.1 Å². The third-order valence-corrected chi connectivity index (χ3v) is 6.59. The van der Waals surface area contributed by atoms with E-state index in [4.69, 9.17) is 4.74 Å². The topological polar surface area (TPSA) is 130 Å². The highest BCUT2D eigenvalue weighted by Crippen LogP contribution is 2.24. The summed E-state index contributed by atoms with van der Waals surface area (Å²) in [6.45, 7) is -0.715. The lowest BCUT2D eigenvalue weighted by Crippen LogP contribution is -2.45. The molecule has 0 unspecified atom stereocenters. The van der Waals surface area contributed by atoms with E-state index in [-0.39, 0.29) is 18.5 Å². The Morgan fingerprint density at radius 2 is 1.66 bits per heavy atom. The van der Waals surface area contributed by atoms with E-state index in [1.165, 1.54) is 48.5 Å². The van der Waals surface area contributed by atoms with Gasteiger partial charge in [0.05, 0.1) is 11.8 Å². The quantitative estimate of drug-likeness (QED) is 0.634. The van der Waals surface area contributed by atoms with Crippen LogP contribution >= 0.6 is 0 Å². The largest absolute Gasteiger partial charge is 0.480 e. The smallest absolute Gasteiger partial charge is 0.326 e. The lowest BCUT2D eigenvalue weighted by atomic mass is 10.2. The van der Waals surface area contributed by atoms with Gasteiger partial charge in [-0.3, -0.25) is 9.59 Å². The van der Waals surface area contributed by atoms with Crippen LogP contribution in [-0.2, 0) is 19.4 Å². The predicted molar refractivity (Wildman–Crippen MR) is 112 cm³/mol. The number of rotatable bonds is 7. The second-order valence-corrected chi connectivity index (χ2v) is 9.68. The summed E-state index contributed by atoms with van der Waals surface area (Å²) < 4.78 is 42.0. The number of hydrogen-bond acceptors (Lipinski definition) is 6. The van der Waals surface area contributed by atoms with E-state index >= 15 is 0 Å². The number of aliphatic carboxylic acids is 1. The first kappa shape index (κ1) is 23.2. The molecule has 0 bridgehead atoms. The first-order valence-electron chi connectivity index (χ1n) is 9.57. The zero-order chi connectivity index (χ0) is 23.5. The number of sulfone groups is 1. The molecule has 0 radical (unpaired) electrons. The summed E-state index contributed by atoms with van der Waals surface area (Å²) in [5, 5.41) is 10.8. The number of carbonyl (C=O) groups is 3. The fourth-order valence-electron chi connectivity index (χ4n) is 3.29. The van der Waals surface area contributed by atoms with Gasteiger partial charge in [-0.05, 0) is 55.0 Å². The number of nitrogens with one attached hydrogen (secondary N) is 1. The van der Waals surface area contributed by atoms with Crippen LogP contribution in [-0.4, -0.2) is 66.8 Å². The Balaban J connectivity index is 1.58. The molecule has 1 fully saturated rings. The average Bonchev–Trinajstić information content (AvgIpc) is 3.20. The molecule has 1 aliphatic heterocycles. The van der Waals surface area contributed by atoms with Gasteiger partial charge in [-0.1, -0.05) is 0 Å². The van der Waals surface area contributed by atoms with Crippen molar-refractivity contribution in [1.82, 2.24) is 10.2 Å². The first-order valence-corrected chi connectivity index (χ1v) is 11.5. The van der Waals surface area contributed by atoms with E-state index in [2.05, 4.69) is 5.32 Å². The van der Waals surface area contributed by atoms with Gasteiger partial charge in [0.15, 0.2) is 9.84 Å². The average molecular weight is 464 g/mol. The molecule has 9 nitrogen and oxygen atoms in total. The molecule has 0 saturated carbocycles. The number of carbonyl (C=O) groups excluding carboxylic acids is 2. The van der Waals surface area contributed by atoms with Crippen molar-refractivity contribution in [2.45, 2.75) is 17.7 Å². The maximum atomic E-state index is 12.9. The number of benzene rings is 2. The van der Waals surface area contributed by atoms with Crippen molar-refractivity contribution < 1.29 is 37.0 Å². The maximum absolute atomic E-state index is 12.9. The Morgan fingerprint density at radius 1 is 1.09 bits per heavy atom. The highest BCUT2D eigenvalue weighted by Gasteiger charge is 2.43. The van der Waals surface area contributed by atoms with Crippen LogP contribution in [0, 0.1) is 5.82 Å². The molecule has 1 saturated heterocycles. The molecule has 2 amide bonds. The Kier molecular flexibility index (Phi) is 6.78. The number of amides is 2. The third-order valence-electron chi connectivity index (χ3n) is 5.04. The zero-order valence-corrected chi connectivity index (χ0v) is 17.8. The fraction of sp³-hybridized carbons (Fsp3) is 0.286. The number of likely N-dealkylation sites (tertiary alicyclic amines) is 1. The molecular weight excluding hydrogens is 443 g/mol. The zero-order valence-electron chi connectivity index (χ0n) is 17.0. The van der Waals surface area contributed by atoms with Crippen LogP contribution in [0.1, 0.15) is 16.8 Å². The van der Waals surface area contributed by atoms with Crippen molar-refractivity contribution >= 4 is 27.6 Å². The molecule has 170 valence electrons. The number of nitrogens with zero attached hydrogens (tertiary/aromatic N) is 1. The number of hydrogen-bond donors (Lipinski definition) is 2. The normalized spacial score (nSPS) is 18.2. The minimum Gasteiger partial charge on any atom is -0.480 e. The Morgan fingerprint density at radius 3 is 2.19 bits per heavy atom. The maximum Gasteiger partial charge on any atom is 0.326 e. The van der Waals surface area contributed by atoms with Crippen LogP contribution in [0.5, 0.6) is 11.5 Å². The number of carboxylic acids is 1. The molecule has 2 aromatic rings. The Labute approximate surface area is 183 Å². The van der Waals surface area contributed by atoms with Crippen molar-refractivity contribution in [3.05, 3.63) is 59.9 Å². The van der Waals surface area contributed by atoms with E-state index in [0.29, 0.717) is 11.5 Å². The summed E-state index contributed by atoms with van der Waals surface area (Å²) in [5.74, 6) is -2.12. The van der Waals surface area contributed by atoms with Crippen molar-refractivity contribution in [1.29, 1.82) is 0 Å². The van der Waals surface area contributed by atoms with E-state index < -0.39 is 51.3 Å². The minimum absolute atomic E-state index is 0.191. The molecule has 32 heavy (non-hydrogen) atoms. The molecule has 0 aromatic heterocycles. The van der Waals surface area contributed by atoms with Gasteiger partial charge in [-0.15, -0.1) is 0 Å². The number of halogens is 1. The molecule has 2 aromatic carbocycles. The minimum atomic E-state index is -3.51. The molecule has 11 heteroatoms. The molecule has 2 N–H and O–H groups in total. The van der Waals surface area contributed by atoms with E-state index in [1.54, 1.807) is 0 Å². The van der Waals surface area contributed by atoms with Gasteiger partial charge in [0.25, 0.3) is 5.91 Å². The van der Waals surface area contributed by atoms with Crippen LogP contribution in [0.15, 0.2) is 48.5 Å². The second-order valence-electron chi connectivity index (χ2n) is 7.35. The summed E-state index contributed by atoms with van der Waals surface area (Å²) in [6.07, 6.45) is 0.805. The van der Waals surface area contributed by atoms with Crippen molar-refractivity contribution in [2.75, 3.05) is 19.3 Å². The van der Waals surface area contributed by atoms with E-state index in [0.717, 1.165) is 11.2 Å². The van der Waals surface area contributed by atoms with Gasteiger partial charge in [0.2, 0.25) is 5.91 Å². The molecule has 2 atom stereocenters. The predicted octanol–water partition coefficient (Wildman–Crippen LogP) is 1.45.